The molecule has 0 saturated carbocycles. The third-order valence-corrected chi connectivity index (χ3v) is 5.30. The van der Waals surface area contributed by atoms with Crippen LogP contribution in [0.1, 0.15) is 55.0 Å². The van der Waals surface area contributed by atoms with Crippen molar-refractivity contribution < 1.29 is 9.90 Å². The number of thiazole rings is 1. The first-order valence-electron chi connectivity index (χ1n) is 7.38. The Morgan fingerprint density at radius 1 is 1.45 bits per heavy atom. The highest BCUT2D eigenvalue weighted by Gasteiger charge is 2.27. The molecule has 5 heteroatoms. The summed E-state index contributed by atoms with van der Waals surface area (Å²) in [4.78, 5) is 18.7. The van der Waals surface area contributed by atoms with Crippen LogP contribution in [0, 0.1) is 11.8 Å². The average Bonchev–Trinajstić information content (AvgIpc) is 2.96. The Balaban J connectivity index is 1.94. The van der Waals surface area contributed by atoms with E-state index in [2.05, 4.69) is 25.8 Å². The van der Waals surface area contributed by atoms with E-state index in [9.17, 15) is 9.90 Å². The quantitative estimate of drug-likeness (QED) is 0.929. The summed E-state index contributed by atoms with van der Waals surface area (Å²) in [5.74, 6) is 1.30. The number of nitrogens with zero attached hydrogens (tertiary/aromatic N) is 2. The van der Waals surface area contributed by atoms with E-state index in [0.717, 1.165) is 30.9 Å². The van der Waals surface area contributed by atoms with Crippen LogP contribution in [0.4, 0.5) is 0 Å². The van der Waals surface area contributed by atoms with Crippen LogP contribution in [0.15, 0.2) is 5.38 Å². The first kappa shape index (κ1) is 15.4. The zero-order chi connectivity index (χ0) is 14.7. The van der Waals surface area contributed by atoms with Gasteiger partial charge in [0.05, 0.1) is 5.01 Å². The molecular weight excluding hydrogens is 272 g/mol. The van der Waals surface area contributed by atoms with Crippen molar-refractivity contribution in [2.24, 2.45) is 11.8 Å². The number of likely N-dealkylation sites (tertiary alicyclic amines) is 1. The van der Waals surface area contributed by atoms with Gasteiger partial charge in [0, 0.05) is 31.0 Å². The lowest BCUT2D eigenvalue weighted by Gasteiger charge is -2.34. The number of aromatic nitrogens is 1. The van der Waals surface area contributed by atoms with Crippen LogP contribution in [0.3, 0.4) is 0 Å². The fourth-order valence-electron chi connectivity index (χ4n) is 2.63. The van der Waals surface area contributed by atoms with Gasteiger partial charge in [-0.3, -0.25) is 4.79 Å². The largest absolute Gasteiger partial charge is 0.396 e. The molecule has 0 bridgehead atoms. The minimum atomic E-state index is 0.0586. The molecule has 1 fully saturated rings. The molecule has 1 aliphatic heterocycles. The van der Waals surface area contributed by atoms with Crippen molar-refractivity contribution in [3.63, 3.8) is 0 Å². The van der Waals surface area contributed by atoms with Crippen molar-refractivity contribution in [3.05, 3.63) is 16.1 Å². The van der Waals surface area contributed by atoms with E-state index in [1.165, 1.54) is 0 Å². The van der Waals surface area contributed by atoms with Crippen LogP contribution in [0.2, 0.25) is 0 Å². The summed E-state index contributed by atoms with van der Waals surface area (Å²) >= 11 is 1.57. The van der Waals surface area contributed by atoms with Gasteiger partial charge < -0.3 is 10.0 Å². The lowest BCUT2D eigenvalue weighted by molar-refractivity contribution is 0.0627. The van der Waals surface area contributed by atoms with Crippen molar-refractivity contribution in [2.75, 3.05) is 19.7 Å². The summed E-state index contributed by atoms with van der Waals surface area (Å²) in [7, 11) is 0. The minimum Gasteiger partial charge on any atom is -0.396 e. The smallest absolute Gasteiger partial charge is 0.273 e. The van der Waals surface area contributed by atoms with E-state index in [1.54, 1.807) is 11.3 Å². The number of aliphatic hydroxyl groups excluding tert-OH is 1. The van der Waals surface area contributed by atoms with Crippen molar-refractivity contribution in [2.45, 2.75) is 39.5 Å². The van der Waals surface area contributed by atoms with E-state index in [1.807, 2.05) is 10.3 Å². The zero-order valence-corrected chi connectivity index (χ0v) is 13.3. The number of hydrogen-bond donors (Lipinski definition) is 1. The van der Waals surface area contributed by atoms with Gasteiger partial charge >= 0.3 is 0 Å². The Hall–Kier alpha value is -0.940. The molecule has 0 aromatic carbocycles. The van der Waals surface area contributed by atoms with Gasteiger partial charge in [-0.25, -0.2) is 4.98 Å². The summed E-state index contributed by atoms with van der Waals surface area (Å²) in [5, 5.41) is 12.1. The topological polar surface area (TPSA) is 53.4 Å². The molecule has 1 unspecified atom stereocenters. The molecule has 2 rings (SSSR count). The highest BCUT2D eigenvalue weighted by molar-refractivity contribution is 7.09. The standard InChI is InChI=1S/C15H24N2O2S/c1-10(2)14-16-13(9-20-14)15(19)17-6-4-12(5-7-17)11(3)8-18/h9-12,18H,4-8H2,1-3H3. The average molecular weight is 296 g/mol. The highest BCUT2D eigenvalue weighted by Crippen LogP contribution is 2.26. The van der Waals surface area contributed by atoms with Crippen LogP contribution in [0.5, 0.6) is 0 Å². The molecule has 0 radical (unpaired) electrons. The molecule has 1 aromatic rings. The van der Waals surface area contributed by atoms with Crippen molar-refractivity contribution >= 4 is 17.2 Å². The van der Waals surface area contributed by atoms with E-state index in [0.29, 0.717) is 23.4 Å². The van der Waals surface area contributed by atoms with Crippen LogP contribution < -0.4 is 0 Å². The van der Waals surface area contributed by atoms with Crippen LogP contribution in [-0.2, 0) is 0 Å². The maximum Gasteiger partial charge on any atom is 0.273 e. The summed E-state index contributed by atoms with van der Waals surface area (Å²) in [6, 6.07) is 0. The van der Waals surface area contributed by atoms with Gasteiger partial charge in [0.2, 0.25) is 0 Å². The molecule has 2 heterocycles. The first-order valence-corrected chi connectivity index (χ1v) is 8.26. The second-order valence-corrected chi connectivity index (χ2v) is 6.90. The number of piperidine rings is 1. The Kier molecular flexibility index (Phi) is 5.16. The van der Waals surface area contributed by atoms with Crippen LogP contribution in [-0.4, -0.2) is 40.6 Å². The summed E-state index contributed by atoms with van der Waals surface area (Å²) in [6.07, 6.45) is 1.96. The van der Waals surface area contributed by atoms with Gasteiger partial charge in [-0.2, -0.15) is 0 Å². The highest BCUT2D eigenvalue weighted by atomic mass is 32.1. The Morgan fingerprint density at radius 2 is 2.10 bits per heavy atom. The number of hydrogen-bond acceptors (Lipinski definition) is 4. The second kappa shape index (κ2) is 6.68. The lowest BCUT2D eigenvalue weighted by atomic mass is 9.86. The molecule has 1 amide bonds. The SMILES string of the molecule is CC(C)c1nc(C(=O)N2CCC(C(C)CO)CC2)cs1. The molecule has 1 aromatic heterocycles. The van der Waals surface area contributed by atoms with E-state index >= 15 is 0 Å². The monoisotopic (exact) mass is 296 g/mol. The molecule has 1 saturated heterocycles. The van der Waals surface area contributed by atoms with Gasteiger partial charge in [0.25, 0.3) is 5.91 Å². The maximum atomic E-state index is 12.4. The summed E-state index contributed by atoms with van der Waals surface area (Å²) in [5.41, 5.74) is 0.590. The predicted octanol–water partition coefficient (Wildman–Crippen LogP) is 2.75. The van der Waals surface area contributed by atoms with E-state index in [4.69, 9.17) is 0 Å². The number of amides is 1. The second-order valence-electron chi connectivity index (χ2n) is 6.02. The normalized spacial score (nSPS) is 18.6. The first-order chi connectivity index (χ1) is 9.52. The molecule has 112 valence electrons. The Morgan fingerprint density at radius 3 is 2.60 bits per heavy atom. The van der Waals surface area contributed by atoms with Crippen molar-refractivity contribution in [1.29, 1.82) is 0 Å². The Labute approximate surface area is 124 Å². The molecular formula is C15H24N2O2S. The van der Waals surface area contributed by atoms with Gasteiger partial charge in [-0.15, -0.1) is 11.3 Å². The van der Waals surface area contributed by atoms with Gasteiger partial charge in [0.1, 0.15) is 5.69 Å². The number of carbonyl (C=O) groups excluding carboxylic acids is 1. The van der Waals surface area contributed by atoms with Gasteiger partial charge in [0.15, 0.2) is 0 Å². The summed E-state index contributed by atoms with van der Waals surface area (Å²) < 4.78 is 0. The maximum absolute atomic E-state index is 12.4. The molecule has 1 N–H and O–H groups in total. The number of rotatable bonds is 4. The Bertz CT molecular complexity index is 450. The van der Waals surface area contributed by atoms with Crippen molar-refractivity contribution in [1.82, 2.24) is 9.88 Å². The number of carbonyl (C=O) groups is 1. The molecule has 1 atom stereocenters. The zero-order valence-electron chi connectivity index (χ0n) is 12.5. The molecule has 0 aliphatic carbocycles. The molecule has 20 heavy (non-hydrogen) atoms. The van der Waals surface area contributed by atoms with Crippen LogP contribution >= 0.6 is 11.3 Å². The third kappa shape index (κ3) is 3.38. The minimum absolute atomic E-state index is 0.0586. The predicted molar refractivity (Wildman–Crippen MR) is 81.1 cm³/mol. The lowest BCUT2D eigenvalue weighted by Crippen LogP contribution is -2.40. The fourth-order valence-corrected chi connectivity index (χ4v) is 3.44. The van der Waals surface area contributed by atoms with Crippen molar-refractivity contribution in [3.8, 4) is 0 Å². The molecule has 1 aliphatic rings. The number of aliphatic hydroxyl groups is 1. The van der Waals surface area contributed by atoms with Gasteiger partial charge in [-0.1, -0.05) is 20.8 Å². The molecule has 4 nitrogen and oxygen atoms in total. The van der Waals surface area contributed by atoms with E-state index < -0.39 is 0 Å². The van der Waals surface area contributed by atoms with Gasteiger partial charge in [-0.05, 0) is 24.7 Å². The fraction of sp³-hybridized carbons (Fsp3) is 0.733. The van der Waals surface area contributed by atoms with E-state index in [-0.39, 0.29) is 12.5 Å². The third-order valence-electron chi connectivity index (χ3n) is 4.15. The summed E-state index contributed by atoms with van der Waals surface area (Å²) in [6.45, 7) is 8.06. The van der Waals surface area contributed by atoms with Crippen LogP contribution in [0.25, 0.3) is 0 Å². The molecule has 0 spiro atoms.